The topological polar surface area (TPSA) is 30.5 Å². The molecule has 0 radical (unpaired) electrons. The average molecular weight is 215 g/mol. The zero-order valence-corrected chi connectivity index (χ0v) is 10.1. The Labute approximate surface area is 93.5 Å². The van der Waals surface area contributed by atoms with Crippen molar-refractivity contribution >= 4 is 0 Å². The van der Waals surface area contributed by atoms with Crippen molar-refractivity contribution in [2.24, 2.45) is 0 Å². The number of methoxy groups -OCH3 is 1. The lowest BCUT2D eigenvalue weighted by Crippen LogP contribution is -2.34. The number of rotatable bonds is 8. The maximum atomic E-state index is 5.66. The molecule has 1 rings (SSSR count). The van der Waals surface area contributed by atoms with Crippen LogP contribution < -0.4 is 5.32 Å². The van der Waals surface area contributed by atoms with Crippen LogP contribution in [0.25, 0.3) is 0 Å². The van der Waals surface area contributed by atoms with Gasteiger partial charge >= 0.3 is 0 Å². The van der Waals surface area contributed by atoms with Gasteiger partial charge in [0.1, 0.15) is 0 Å². The standard InChI is InChI=1S/C12H25NO2/c1-3-7-13-11(6-9-14-2)10-12-5-4-8-15-12/h11-13H,3-10H2,1-2H3. The van der Waals surface area contributed by atoms with Crippen molar-refractivity contribution in [1.29, 1.82) is 0 Å². The SMILES string of the molecule is CCCNC(CCOC)CC1CCCO1. The van der Waals surface area contributed by atoms with Gasteiger partial charge in [-0.05, 0) is 38.6 Å². The lowest BCUT2D eigenvalue weighted by Gasteiger charge is -2.21. The summed E-state index contributed by atoms with van der Waals surface area (Å²) in [4.78, 5) is 0. The van der Waals surface area contributed by atoms with Crippen molar-refractivity contribution in [3.05, 3.63) is 0 Å². The van der Waals surface area contributed by atoms with Crippen LogP contribution in [0.5, 0.6) is 0 Å². The van der Waals surface area contributed by atoms with Gasteiger partial charge < -0.3 is 14.8 Å². The van der Waals surface area contributed by atoms with Crippen molar-refractivity contribution in [1.82, 2.24) is 5.32 Å². The lowest BCUT2D eigenvalue weighted by molar-refractivity contribution is 0.0884. The molecule has 0 aromatic heterocycles. The molecular formula is C12H25NO2. The maximum Gasteiger partial charge on any atom is 0.0590 e. The average Bonchev–Trinajstić information content (AvgIpc) is 2.74. The van der Waals surface area contributed by atoms with Gasteiger partial charge in [0.2, 0.25) is 0 Å². The van der Waals surface area contributed by atoms with Crippen LogP contribution in [0.15, 0.2) is 0 Å². The van der Waals surface area contributed by atoms with Crippen molar-refractivity contribution in [2.45, 2.75) is 51.2 Å². The summed E-state index contributed by atoms with van der Waals surface area (Å²) < 4.78 is 10.8. The predicted molar refractivity (Wildman–Crippen MR) is 62.2 cm³/mol. The molecule has 90 valence electrons. The molecule has 15 heavy (non-hydrogen) atoms. The number of nitrogens with one attached hydrogen (secondary N) is 1. The van der Waals surface area contributed by atoms with Gasteiger partial charge in [-0.1, -0.05) is 6.92 Å². The molecule has 2 unspecified atom stereocenters. The highest BCUT2D eigenvalue weighted by Crippen LogP contribution is 2.18. The van der Waals surface area contributed by atoms with Gasteiger partial charge in [0, 0.05) is 26.4 Å². The zero-order chi connectivity index (χ0) is 10.9. The number of ether oxygens (including phenoxy) is 2. The first-order chi connectivity index (χ1) is 7.36. The second-order valence-electron chi connectivity index (χ2n) is 4.30. The highest BCUT2D eigenvalue weighted by atomic mass is 16.5. The van der Waals surface area contributed by atoms with Crippen LogP contribution in [0.2, 0.25) is 0 Å². The van der Waals surface area contributed by atoms with Crippen LogP contribution >= 0.6 is 0 Å². The third-order valence-corrected chi connectivity index (χ3v) is 2.92. The Morgan fingerprint density at radius 3 is 3.00 bits per heavy atom. The molecule has 2 atom stereocenters. The fourth-order valence-electron chi connectivity index (χ4n) is 2.06. The molecule has 0 saturated carbocycles. The lowest BCUT2D eigenvalue weighted by atomic mass is 10.0. The summed E-state index contributed by atoms with van der Waals surface area (Å²) in [6, 6.07) is 0.563. The molecule has 0 aromatic rings. The first kappa shape index (κ1) is 12.9. The summed E-state index contributed by atoms with van der Waals surface area (Å²) in [5, 5.41) is 3.57. The Morgan fingerprint density at radius 2 is 2.40 bits per heavy atom. The Bertz CT molecular complexity index is 139. The maximum absolute atomic E-state index is 5.66. The summed E-state index contributed by atoms with van der Waals surface area (Å²) in [5.41, 5.74) is 0. The molecule has 3 nitrogen and oxygen atoms in total. The Balaban J connectivity index is 2.19. The van der Waals surface area contributed by atoms with E-state index in [0.717, 1.165) is 32.6 Å². The minimum atomic E-state index is 0.483. The van der Waals surface area contributed by atoms with E-state index < -0.39 is 0 Å². The van der Waals surface area contributed by atoms with Crippen LogP contribution in [0.3, 0.4) is 0 Å². The van der Waals surface area contributed by atoms with Crippen LogP contribution in [0.1, 0.15) is 39.0 Å². The first-order valence-electron chi connectivity index (χ1n) is 6.20. The summed E-state index contributed by atoms with van der Waals surface area (Å²) in [7, 11) is 1.77. The van der Waals surface area contributed by atoms with E-state index in [9.17, 15) is 0 Å². The van der Waals surface area contributed by atoms with Gasteiger partial charge in [-0.15, -0.1) is 0 Å². The van der Waals surface area contributed by atoms with Gasteiger partial charge in [0.15, 0.2) is 0 Å². The first-order valence-corrected chi connectivity index (χ1v) is 6.20. The van der Waals surface area contributed by atoms with Crippen molar-refractivity contribution in [3.63, 3.8) is 0 Å². The Kier molecular flexibility index (Phi) is 6.98. The Morgan fingerprint density at radius 1 is 1.53 bits per heavy atom. The molecule has 1 heterocycles. The van der Waals surface area contributed by atoms with E-state index in [2.05, 4.69) is 12.2 Å². The highest BCUT2D eigenvalue weighted by Gasteiger charge is 2.20. The summed E-state index contributed by atoms with van der Waals surface area (Å²) in [5.74, 6) is 0. The fraction of sp³-hybridized carbons (Fsp3) is 1.00. The molecule has 1 aliphatic rings. The molecule has 0 spiro atoms. The summed E-state index contributed by atoms with van der Waals surface area (Å²) >= 11 is 0. The largest absolute Gasteiger partial charge is 0.385 e. The van der Waals surface area contributed by atoms with Crippen molar-refractivity contribution in [3.8, 4) is 0 Å². The van der Waals surface area contributed by atoms with Crippen LogP contribution in [0.4, 0.5) is 0 Å². The van der Waals surface area contributed by atoms with Crippen molar-refractivity contribution < 1.29 is 9.47 Å². The third kappa shape index (κ3) is 5.50. The smallest absolute Gasteiger partial charge is 0.0590 e. The van der Waals surface area contributed by atoms with E-state index in [1.807, 2.05) is 0 Å². The molecule has 1 saturated heterocycles. The van der Waals surface area contributed by atoms with E-state index >= 15 is 0 Å². The van der Waals surface area contributed by atoms with E-state index in [4.69, 9.17) is 9.47 Å². The summed E-state index contributed by atoms with van der Waals surface area (Å²) in [6.45, 7) is 5.09. The fourth-order valence-corrected chi connectivity index (χ4v) is 2.06. The van der Waals surface area contributed by atoms with Crippen LogP contribution in [-0.2, 0) is 9.47 Å². The van der Waals surface area contributed by atoms with Gasteiger partial charge in [0.25, 0.3) is 0 Å². The van der Waals surface area contributed by atoms with Crippen LogP contribution in [0, 0.1) is 0 Å². The monoisotopic (exact) mass is 215 g/mol. The third-order valence-electron chi connectivity index (χ3n) is 2.92. The van der Waals surface area contributed by atoms with E-state index in [1.54, 1.807) is 7.11 Å². The molecular weight excluding hydrogens is 190 g/mol. The van der Waals surface area contributed by atoms with E-state index in [1.165, 1.54) is 19.3 Å². The molecule has 0 bridgehead atoms. The molecule has 1 aliphatic heterocycles. The molecule has 1 fully saturated rings. The quantitative estimate of drug-likeness (QED) is 0.671. The van der Waals surface area contributed by atoms with Gasteiger partial charge in [-0.3, -0.25) is 0 Å². The highest BCUT2D eigenvalue weighted by molar-refractivity contribution is 4.75. The van der Waals surface area contributed by atoms with Crippen LogP contribution in [-0.4, -0.2) is 39.0 Å². The zero-order valence-electron chi connectivity index (χ0n) is 10.1. The molecule has 0 amide bonds. The molecule has 3 heteroatoms. The van der Waals surface area contributed by atoms with E-state index in [0.29, 0.717) is 12.1 Å². The number of hydrogen-bond acceptors (Lipinski definition) is 3. The number of hydrogen-bond donors (Lipinski definition) is 1. The summed E-state index contributed by atoms with van der Waals surface area (Å²) in [6.07, 6.45) is 6.37. The van der Waals surface area contributed by atoms with E-state index in [-0.39, 0.29) is 0 Å². The normalized spacial score (nSPS) is 23.2. The Hall–Kier alpha value is -0.120. The molecule has 0 aromatic carbocycles. The second-order valence-corrected chi connectivity index (χ2v) is 4.30. The molecule has 0 aliphatic carbocycles. The van der Waals surface area contributed by atoms with Gasteiger partial charge in [-0.25, -0.2) is 0 Å². The van der Waals surface area contributed by atoms with Crippen molar-refractivity contribution in [2.75, 3.05) is 26.9 Å². The predicted octanol–water partition coefficient (Wildman–Crippen LogP) is 1.96. The minimum absolute atomic E-state index is 0.483. The van der Waals surface area contributed by atoms with Gasteiger partial charge in [-0.2, -0.15) is 0 Å². The molecule has 1 N–H and O–H groups in total. The minimum Gasteiger partial charge on any atom is -0.385 e. The van der Waals surface area contributed by atoms with Gasteiger partial charge in [0.05, 0.1) is 6.10 Å². The second kappa shape index (κ2) is 8.08.